The van der Waals surface area contributed by atoms with E-state index in [-0.39, 0.29) is 17.5 Å². The first-order chi connectivity index (χ1) is 16.4. The Labute approximate surface area is 204 Å². The van der Waals surface area contributed by atoms with Crippen molar-refractivity contribution in [3.63, 3.8) is 0 Å². The van der Waals surface area contributed by atoms with E-state index in [1.807, 2.05) is 0 Å². The molecule has 1 aliphatic heterocycles. The van der Waals surface area contributed by atoms with Gasteiger partial charge in [0.1, 0.15) is 11.8 Å². The molecule has 2 heterocycles. The number of nitrogens with one attached hydrogen (secondary N) is 1. The molecule has 8 heteroatoms. The summed E-state index contributed by atoms with van der Waals surface area (Å²) in [5.41, 5.74) is 6.19. The highest BCUT2D eigenvalue weighted by molar-refractivity contribution is 5.96. The minimum atomic E-state index is -0.481. The monoisotopic (exact) mass is 473 g/mol. The molecule has 2 saturated carbocycles. The zero-order valence-electron chi connectivity index (χ0n) is 21.2. The Bertz CT molecular complexity index is 836. The Balaban J connectivity index is 1.46. The van der Waals surface area contributed by atoms with Gasteiger partial charge in [0.05, 0.1) is 0 Å². The number of nitrogens with zero attached hydrogens (tertiary/aromatic N) is 3. The highest BCUT2D eigenvalue weighted by Gasteiger charge is 2.42. The molecule has 3 N–H and O–H groups in total. The van der Waals surface area contributed by atoms with Gasteiger partial charge in [-0.3, -0.25) is 14.5 Å². The lowest BCUT2D eigenvalue weighted by Crippen LogP contribution is -2.58. The van der Waals surface area contributed by atoms with Crippen LogP contribution in [0.25, 0.3) is 0 Å². The van der Waals surface area contributed by atoms with Crippen molar-refractivity contribution in [3.05, 3.63) is 17.5 Å². The number of likely N-dealkylation sites (tertiary alicyclic amines) is 1. The van der Waals surface area contributed by atoms with Gasteiger partial charge in [-0.15, -0.1) is 0 Å². The van der Waals surface area contributed by atoms with Gasteiger partial charge in [-0.05, 0) is 76.2 Å². The lowest BCUT2D eigenvalue weighted by atomic mass is 9.81. The van der Waals surface area contributed by atoms with Crippen LogP contribution in [0.4, 0.5) is 0 Å². The molecule has 3 aliphatic rings. The molecule has 190 valence electrons. The van der Waals surface area contributed by atoms with Gasteiger partial charge in [-0.2, -0.15) is 0 Å². The standard InChI is InChI=1S/C26H43N5O3/c1-17(2)16-31(21-7-8-21)22-9-10-30(26(33)23-11-18(3)34-29-23)24(13-22)25(32)28-15-20-6-4-5-19(12-20)14-27/h11,17,19-22,24H,4-10,12-16,27H2,1-3H3,(H,28,32)/t19?,20?,22?,24-/m1/s1. The van der Waals surface area contributed by atoms with Crippen LogP contribution in [0.5, 0.6) is 0 Å². The summed E-state index contributed by atoms with van der Waals surface area (Å²) < 4.78 is 5.15. The fraction of sp³-hybridized carbons (Fsp3) is 0.808. The fourth-order valence-electron chi connectivity index (χ4n) is 5.94. The molecule has 0 spiro atoms. The second-order valence-electron chi connectivity index (χ2n) is 11.2. The van der Waals surface area contributed by atoms with Crippen LogP contribution in [0.2, 0.25) is 0 Å². The summed E-state index contributed by atoms with van der Waals surface area (Å²) in [4.78, 5) is 31.2. The maximum absolute atomic E-state index is 13.5. The van der Waals surface area contributed by atoms with Crippen molar-refractivity contribution in [3.8, 4) is 0 Å². The molecule has 8 nitrogen and oxygen atoms in total. The van der Waals surface area contributed by atoms with E-state index >= 15 is 0 Å². The molecule has 4 atom stereocenters. The molecule has 3 fully saturated rings. The summed E-state index contributed by atoms with van der Waals surface area (Å²) >= 11 is 0. The Morgan fingerprint density at radius 2 is 1.94 bits per heavy atom. The van der Waals surface area contributed by atoms with Gasteiger partial charge in [-0.1, -0.05) is 25.4 Å². The third-order valence-electron chi connectivity index (χ3n) is 7.84. The van der Waals surface area contributed by atoms with Gasteiger partial charge in [0, 0.05) is 37.8 Å². The summed E-state index contributed by atoms with van der Waals surface area (Å²) in [5, 5.41) is 7.15. The van der Waals surface area contributed by atoms with E-state index in [1.165, 1.54) is 25.7 Å². The summed E-state index contributed by atoms with van der Waals surface area (Å²) in [5.74, 6) is 1.96. The maximum atomic E-state index is 13.5. The number of rotatable bonds is 9. The molecule has 0 aromatic carbocycles. The van der Waals surface area contributed by atoms with Crippen LogP contribution >= 0.6 is 0 Å². The van der Waals surface area contributed by atoms with Crippen molar-refractivity contribution in [1.82, 2.24) is 20.3 Å². The molecule has 0 radical (unpaired) electrons. The van der Waals surface area contributed by atoms with Gasteiger partial charge in [-0.25, -0.2) is 0 Å². The molecule has 1 aromatic rings. The number of aryl methyl sites for hydroxylation is 1. The summed E-state index contributed by atoms with van der Waals surface area (Å²) in [6.07, 6.45) is 8.62. The molecule has 34 heavy (non-hydrogen) atoms. The first-order valence-corrected chi connectivity index (χ1v) is 13.3. The summed E-state index contributed by atoms with van der Waals surface area (Å²) in [6.45, 7) is 9.28. The number of nitrogens with two attached hydrogens (primary N) is 1. The second-order valence-corrected chi connectivity index (χ2v) is 11.2. The minimum Gasteiger partial charge on any atom is -0.361 e. The van der Waals surface area contributed by atoms with Crippen molar-refractivity contribution in [2.75, 3.05) is 26.2 Å². The number of aromatic nitrogens is 1. The quantitative estimate of drug-likeness (QED) is 0.571. The molecule has 4 rings (SSSR count). The molecular formula is C26H43N5O3. The Morgan fingerprint density at radius 1 is 1.18 bits per heavy atom. The van der Waals surface area contributed by atoms with Crippen LogP contribution in [0, 0.1) is 24.7 Å². The summed E-state index contributed by atoms with van der Waals surface area (Å²) in [7, 11) is 0. The van der Waals surface area contributed by atoms with Crippen LogP contribution in [-0.2, 0) is 4.79 Å². The highest BCUT2D eigenvalue weighted by atomic mass is 16.5. The van der Waals surface area contributed by atoms with Crippen LogP contribution < -0.4 is 11.1 Å². The maximum Gasteiger partial charge on any atom is 0.276 e. The first-order valence-electron chi connectivity index (χ1n) is 13.3. The van der Waals surface area contributed by atoms with E-state index in [0.717, 1.165) is 32.4 Å². The molecule has 2 amide bonds. The average molecular weight is 474 g/mol. The van der Waals surface area contributed by atoms with Crippen molar-refractivity contribution in [1.29, 1.82) is 0 Å². The SMILES string of the molecule is Cc1cc(C(=O)N2CCC(N(CC(C)C)C3CC3)C[C@@H]2C(=O)NCC2CCCC(CN)C2)no1. The summed E-state index contributed by atoms with van der Waals surface area (Å²) in [6, 6.07) is 2.13. The van der Waals surface area contributed by atoms with E-state index in [2.05, 4.69) is 29.2 Å². The predicted molar refractivity (Wildman–Crippen MR) is 131 cm³/mol. The second kappa shape index (κ2) is 11.2. The van der Waals surface area contributed by atoms with E-state index < -0.39 is 6.04 Å². The molecule has 2 aliphatic carbocycles. The normalized spacial score (nSPS) is 27.9. The zero-order chi connectivity index (χ0) is 24.2. The van der Waals surface area contributed by atoms with Crippen LogP contribution in [0.1, 0.15) is 81.5 Å². The van der Waals surface area contributed by atoms with Gasteiger partial charge in [0.2, 0.25) is 5.91 Å². The largest absolute Gasteiger partial charge is 0.361 e. The van der Waals surface area contributed by atoms with Gasteiger partial charge in [0.25, 0.3) is 5.91 Å². The van der Waals surface area contributed by atoms with Gasteiger partial charge in [0.15, 0.2) is 5.69 Å². The van der Waals surface area contributed by atoms with Crippen molar-refractivity contribution < 1.29 is 14.1 Å². The van der Waals surface area contributed by atoms with Gasteiger partial charge < -0.3 is 20.5 Å². The van der Waals surface area contributed by atoms with Gasteiger partial charge >= 0.3 is 0 Å². The number of amides is 2. The van der Waals surface area contributed by atoms with Crippen molar-refractivity contribution in [2.24, 2.45) is 23.5 Å². The van der Waals surface area contributed by atoms with E-state index in [4.69, 9.17) is 10.3 Å². The fourth-order valence-corrected chi connectivity index (χ4v) is 5.94. The molecular weight excluding hydrogens is 430 g/mol. The van der Waals surface area contributed by atoms with Crippen molar-refractivity contribution in [2.45, 2.75) is 90.3 Å². The molecule has 0 bridgehead atoms. The smallest absolute Gasteiger partial charge is 0.276 e. The zero-order valence-corrected chi connectivity index (χ0v) is 21.2. The lowest BCUT2D eigenvalue weighted by molar-refractivity contribution is -0.128. The molecule has 3 unspecified atom stereocenters. The van der Waals surface area contributed by atoms with Crippen LogP contribution in [0.15, 0.2) is 10.6 Å². The van der Waals surface area contributed by atoms with E-state index in [0.29, 0.717) is 55.1 Å². The number of piperidine rings is 1. The first kappa shape index (κ1) is 25.2. The number of hydrogen-bond acceptors (Lipinski definition) is 6. The average Bonchev–Trinajstić information content (AvgIpc) is 3.59. The van der Waals surface area contributed by atoms with E-state index in [1.54, 1.807) is 17.9 Å². The third-order valence-corrected chi connectivity index (χ3v) is 7.84. The topological polar surface area (TPSA) is 105 Å². The molecule has 1 saturated heterocycles. The van der Waals surface area contributed by atoms with E-state index in [9.17, 15) is 9.59 Å². The third kappa shape index (κ3) is 6.19. The Hall–Kier alpha value is -1.93. The predicted octanol–water partition coefficient (Wildman–Crippen LogP) is 2.96. The molecule has 1 aromatic heterocycles. The van der Waals surface area contributed by atoms with Crippen LogP contribution in [0.3, 0.4) is 0 Å². The Morgan fingerprint density at radius 3 is 2.59 bits per heavy atom. The van der Waals surface area contributed by atoms with Crippen molar-refractivity contribution >= 4 is 11.8 Å². The lowest BCUT2D eigenvalue weighted by Gasteiger charge is -2.43. The van der Waals surface area contributed by atoms with Crippen LogP contribution in [-0.4, -0.2) is 71.1 Å². The Kier molecular flexibility index (Phi) is 8.30. The number of carbonyl (C=O) groups is 2. The number of carbonyl (C=O) groups excluding carboxylic acids is 2. The highest BCUT2D eigenvalue weighted by Crippen LogP contribution is 2.34. The number of hydrogen-bond donors (Lipinski definition) is 2. The minimum absolute atomic E-state index is 0.0339.